The summed E-state index contributed by atoms with van der Waals surface area (Å²) in [5.41, 5.74) is 0. The summed E-state index contributed by atoms with van der Waals surface area (Å²) in [7, 11) is -2.11. The molecule has 1 saturated carbocycles. The van der Waals surface area contributed by atoms with Crippen molar-refractivity contribution in [1.82, 2.24) is 4.72 Å². The van der Waals surface area contributed by atoms with Gasteiger partial charge in [0.05, 0.1) is 19.8 Å². The molecule has 22 heavy (non-hydrogen) atoms. The minimum atomic E-state index is -3.57. The lowest BCUT2D eigenvalue weighted by Crippen LogP contribution is -2.29. The van der Waals surface area contributed by atoms with E-state index in [9.17, 15) is 8.42 Å². The van der Waals surface area contributed by atoms with Gasteiger partial charge in [-0.1, -0.05) is 37.8 Å². The first-order valence-corrected chi connectivity index (χ1v) is 9.36. The Kier molecular flexibility index (Phi) is 6.67. The first kappa shape index (κ1) is 17.2. The van der Waals surface area contributed by atoms with Gasteiger partial charge in [0, 0.05) is 6.54 Å². The van der Waals surface area contributed by atoms with Crippen molar-refractivity contribution in [3.05, 3.63) is 24.3 Å². The van der Waals surface area contributed by atoms with Crippen molar-refractivity contribution in [3.8, 4) is 5.75 Å². The van der Waals surface area contributed by atoms with E-state index in [0.717, 1.165) is 12.8 Å². The van der Waals surface area contributed by atoms with Crippen LogP contribution in [-0.2, 0) is 14.8 Å². The first-order chi connectivity index (χ1) is 10.6. The second-order valence-corrected chi connectivity index (χ2v) is 7.27. The van der Waals surface area contributed by atoms with E-state index in [0.29, 0.717) is 12.4 Å². The molecule has 1 aliphatic rings. The number of para-hydroxylation sites is 1. The summed E-state index contributed by atoms with van der Waals surface area (Å²) >= 11 is 0. The Morgan fingerprint density at radius 1 is 1.14 bits per heavy atom. The van der Waals surface area contributed by atoms with E-state index in [1.54, 1.807) is 18.2 Å². The number of nitrogens with one attached hydrogen (secondary N) is 1. The van der Waals surface area contributed by atoms with E-state index in [1.807, 2.05) is 0 Å². The van der Waals surface area contributed by atoms with Crippen molar-refractivity contribution in [2.45, 2.75) is 49.5 Å². The van der Waals surface area contributed by atoms with Gasteiger partial charge in [0.15, 0.2) is 0 Å². The van der Waals surface area contributed by atoms with Crippen LogP contribution in [0.3, 0.4) is 0 Å². The van der Waals surface area contributed by atoms with Crippen molar-refractivity contribution in [2.24, 2.45) is 0 Å². The zero-order valence-electron chi connectivity index (χ0n) is 13.1. The van der Waals surface area contributed by atoms with E-state index < -0.39 is 10.0 Å². The number of hydrogen-bond donors (Lipinski definition) is 1. The molecule has 0 aromatic heterocycles. The molecule has 0 radical (unpaired) electrons. The molecule has 1 N–H and O–H groups in total. The van der Waals surface area contributed by atoms with Gasteiger partial charge in [-0.25, -0.2) is 13.1 Å². The van der Waals surface area contributed by atoms with Crippen LogP contribution in [0.15, 0.2) is 29.2 Å². The van der Waals surface area contributed by atoms with Crippen LogP contribution in [0.5, 0.6) is 5.75 Å². The van der Waals surface area contributed by atoms with Gasteiger partial charge in [-0.15, -0.1) is 0 Å². The third-order valence-corrected chi connectivity index (χ3v) is 5.41. The second-order valence-electron chi connectivity index (χ2n) is 5.53. The topological polar surface area (TPSA) is 64.6 Å². The maximum atomic E-state index is 12.3. The SMILES string of the molecule is COc1ccccc1S(=O)(=O)NCCOC1CCCCCC1. The molecule has 0 bridgehead atoms. The summed E-state index contributed by atoms with van der Waals surface area (Å²) < 4.78 is 38.0. The van der Waals surface area contributed by atoms with Crippen molar-refractivity contribution in [2.75, 3.05) is 20.3 Å². The molecular formula is C16H25NO4S. The Labute approximate surface area is 133 Å². The van der Waals surface area contributed by atoms with Crippen LogP contribution in [-0.4, -0.2) is 34.8 Å². The normalized spacial score (nSPS) is 17.1. The molecule has 0 aliphatic heterocycles. The lowest BCUT2D eigenvalue weighted by molar-refractivity contribution is 0.0471. The molecule has 124 valence electrons. The van der Waals surface area contributed by atoms with Gasteiger partial charge in [-0.2, -0.15) is 0 Å². The third-order valence-electron chi connectivity index (χ3n) is 3.91. The van der Waals surface area contributed by atoms with Crippen LogP contribution in [0.1, 0.15) is 38.5 Å². The van der Waals surface area contributed by atoms with E-state index in [-0.39, 0.29) is 17.5 Å². The fraction of sp³-hybridized carbons (Fsp3) is 0.625. The predicted molar refractivity (Wildman–Crippen MR) is 85.6 cm³/mol. The fourth-order valence-corrected chi connectivity index (χ4v) is 3.91. The zero-order valence-corrected chi connectivity index (χ0v) is 13.9. The predicted octanol–water partition coefficient (Wildman–Crippen LogP) is 2.71. The van der Waals surface area contributed by atoms with Crippen LogP contribution < -0.4 is 9.46 Å². The molecule has 0 spiro atoms. The summed E-state index contributed by atoms with van der Waals surface area (Å²) in [6.07, 6.45) is 7.41. The second kappa shape index (κ2) is 8.50. The highest BCUT2D eigenvalue weighted by atomic mass is 32.2. The lowest BCUT2D eigenvalue weighted by atomic mass is 10.1. The summed E-state index contributed by atoms with van der Waals surface area (Å²) in [6, 6.07) is 6.59. The zero-order chi connectivity index (χ0) is 15.8. The highest BCUT2D eigenvalue weighted by Crippen LogP contribution is 2.22. The highest BCUT2D eigenvalue weighted by Gasteiger charge is 2.18. The fourth-order valence-electron chi connectivity index (χ4n) is 2.73. The van der Waals surface area contributed by atoms with E-state index in [2.05, 4.69) is 4.72 Å². The minimum absolute atomic E-state index is 0.159. The molecule has 1 aromatic rings. The van der Waals surface area contributed by atoms with Crippen molar-refractivity contribution in [1.29, 1.82) is 0 Å². The highest BCUT2D eigenvalue weighted by molar-refractivity contribution is 7.89. The molecule has 1 fully saturated rings. The summed E-state index contributed by atoms with van der Waals surface area (Å²) in [6.45, 7) is 0.677. The molecular weight excluding hydrogens is 302 g/mol. The van der Waals surface area contributed by atoms with Gasteiger partial charge in [-0.05, 0) is 25.0 Å². The average molecular weight is 327 g/mol. The molecule has 1 aliphatic carbocycles. The van der Waals surface area contributed by atoms with Crippen LogP contribution in [0, 0.1) is 0 Å². The van der Waals surface area contributed by atoms with Crippen LogP contribution in [0.25, 0.3) is 0 Å². The molecule has 0 unspecified atom stereocenters. The van der Waals surface area contributed by atoms with Gasteiger partial charge < -0.3 is 9.47 Å². The molecule has 6 heteroatoms. The van der Waals surface area contributed by atoms with Gasteiger partial charge in [0.2, 0.25) is 10.0 Å². The third kappa shape index (κ3) is 4.97. The maximum absolute atomic E-state index is 12.3. The molecule has 0 heterocycles. The van der Waals surface area contributed by atoms with Crippen molar-refractivity contribution in [3.63, 3.8) is 0 Å². The Bertz CT molecular complexity index is 551. The van der Waals surface area contributed by atoms with E-state index in [1.165, 1.54) is 38.9 Å². The largest absolute Gasteiger partial charge is 0.495 e. The Hall–Kier alpha value is -1.11. The van der Waals surface area contributed by atoms with Crippen LogP contribution >= 0.6 is 0 Å². The summed E-state index contributed by atoms with van der Waals surface area (Å²) in [5.74, 6) is 0.347. The number of sulfonamides is 1. The van der Waals surface area contributed by atoms with Gasteiger partial charge in [0.1, 0.15) is 10.6 Å². The molecule has 2 rings (SSSR count). The Balaban J connectivity index is 1.82. The summed E-state index contributed by atoms with van der Waals surface area (Å²) in [4.78, 5) is 0.159. The standard InChI is InChI=1S/C16H25NO4S/c1-20-15-10-6-7-11-16(15)22(18,19)17-12-13-21-14-8-4-2-3-5-9-14/h6-7,10-11,14,17H,2-5,8-9,12-13H2,1H3. The number of rotatable bonds is 7. The van der Waals surface area contributed by atoms with Crippen LogP contribution in [0.4, 0.5) is 0 Å². The number of ether oxygens (including phenoxy) is 2. The van der Waals surface area contributed by atoms with Crippen LogP contribution in [0.2, 0.25) is 0 Å². The van der Waals surface area contributed by atoms with E-state index >= 15 is 0 Å². The smallest absolute Gasteiger partial charge is 0.244 e. The quantitative estimate of drug-likeness (QED) is 0.618. The first-order valence-electron chi connectivity index (χ1n) is 7.88. The molecule has 0 saturated heterocycles. The summed E-state index contributed by atoms with van der Waals surface area (Å²) in [5, 5.41) is 0. The van der Waals surface area contributed by atoms with Gasteiger partial charge in [0.25, 0.3) is 0 Å². The Morgan fingerprint density at radius 2 is 1.82 bits per heavy atom. The van der Waals surface area contributed by atoms with Crippen molar-refractivity contribution >= 4 is 10.0 Å². The molecule has 1 aromatic carbocycles. The van der Waals surface area contributed by atoms with Crippen molar-refractivity contribution < 1.29 is 17.9 Å². The molecule has 0 atom stereocenters. The van der Waals surface area contributed by atoms with E-state index in [4.69, 9.17) is 9.47 Å². The minimum Gasteiger partial charge on any atom is -0.495 e. The molecule has 5 nitrogen and oxygen atoms in total. The van der Waals surface area contributed by atoms with Gasteiger partial charge >= 0.3 is 0 Å². The maximum Gasteiger partial charge on any atom is 0.244 e. The number of benzene rings is 1. The number of methoxy groups -OCH3 is 1. The number of hydrogen-bond acceptors (Lipinski definition) is 4. The molecule has 0 amide bonds. The average Bonchev–Trinajstić information content (AvgIpc) is 2.80. The monoisotopic (exact) mass is 327 g/mol. The van der Waals surface area contributed by atoms with Gasteiger partial charge in [-0.3, -0.25) is 0 Å². The Morgan fingerprint density at radius 3 is 2.50 bits per heavy atom. The lowest BCUT2D eigenvalue weighted by Gasteiger charge is -2.16.